The first kappa shape index (κ1) is 18.2. The monoisotopic (exact) mass is 375 g/mol. The molecule has 0 heterocycles. The summed E-state index contributed by atoms with van der Waals surface area (Å²) in [6.45, 7) is -3.01. The molecule has 0 saturated carbocycles. The zero-order valence-electron chi connectivity index (χ0n) is 12.3. The fourth-order valence-electron chi connectivity index (χ4n) is 1.84. The number of halogens is 3. The van der Waals surface area contributed by atoms with E-state index in [0.29, 0.717) is 0 Å². The molecule has 1 amide bonds. The van der Waals surface area contributed by atoms with Gasteiger partial charge in [-0.3, -0.25) is 4.79 Å². The Kier molecular flexibility index (Phi) is 5.40. The van der Waals surface area contributed by atoms with Crippen molar-refractivity contribution in [2.24, 2.45) is 0 Å². The Bertz CT molecular complexity index is 872. The number of sulfone groups is 1. The SMILES string of the molecule is CS(=O)(=O)c1cccc(C(=O)Nc2ccc(OC(F)F)c(Cl)c2)c1. The van der Waals surface area contributed by atoms with Gasteiger partial charge in [0.15, 0.2) is 9.84 Å². The first-order valence-corrected chi connectivity index (χ1v) is 8.79. The molecule has 0 aliphatic heterocycles. The van der Waals surface area contributed by atoms with E-state index in [1.165, 1.54) is 42.5 Å². The highest BCUT2D eigenvalue weighted by molar-refractivity contribution is 7.90. The van der Waals surface area contributed by atoms with E-state index < -0.39 is 22.4 Å². The minimum absolute atomic E-state index is 0.00821. The molecule has 24 heavy (non-hydrogen) atoms. The molecule has 2 aromatic carbocycles. The van der Waals surface area contributed by atoms with E-state index in [9.17, 15) is 22.0 Å². The predicted molar refractivity (Wildman–Crippen MR) is 85.6 cm³/mol. The Morgan fingerprint density at radius 2 is 1.92 bits per heavy atom. The van der Waals surface area contributed by atoms with Crippen molar-refractivity contribution in [2.45, 2.75) is 11.5 Å². The standard InChI is InChI=1S/C15H12ClF2NO4S/c1-24(21,22)11-4-2-3-9(7-11)14(20)19-10-5-6-13(12(16)8-10)23-15(17)18/h2-8,15H,1H3,(H,19,20). The highest BCUT2D eigenvalue weighted by Crippen LogP contribution is 2.29. The normalized spacial score (nSPS) is 11.4. The molecule has 0 spiro atoms. The number of rotatable bonds is 5. The molecule has 2 aromatic rings. The molecule has 9 heteroatoms. The van der Waals surface area contributed by atoms with Gasteiger partial charge in [-0.25, -0.2) is 8.42 Å². The van der Waals surface area contributed by atoms with Crippen LogP contribution < -0.4 is 10.1 Å². The summed E-state index contributed by atoms with van der Waals surface area (Å²) in [6.07, 6.45) is 1.03. The van der Waals surface area contributed by atoms with Gasteiger partial charge in [-0.2, -0.15) is 8.78 Å². The summed E-state index contributed by atoms with van der Waals surface area (Å²) in [5, 5.41) is 2.40. The van der Waals surface area contributed by atoms with Crippen molar-refractivity contribution in [3.63, 3.8) is 0 Å². The fourth-order valence-corrected chi connectivity index (χ4v) is 2.73. The molecule has 0 aliphatic carbocycles. The first-order chi connectivity index (χ1) is 11.2. The number of nitrogens with one attached hydrogen (secondary N) is 1. The molecule has 128 valence electrons. The van der Waals surface area contributed by atoms with E-state index in [-0.39, 0.29) is 26.9 Å². The number of benzene rings is 2. The fraction of sp³-hybridized carbons (Fsp3) is 0.133. The van der Waals surface area contributed by atoms with Crippen LogP contribution in [0.3, 0.4) is 0 Å². The van der Waals surface area contributed by atoms with Crippen LogP contribution in [0.25, 0.3) is 0 Å². The summed E-state index contributed by atoms with van der Waals surface area (Å²) in [7, 11) is -3.44. The molecule has 0 saturated heterocycles. The number of alkyl halides is 2. The van der Waals surface area contributed by atoms with E-state index in [2.05, 4.69) is 10.1 Å². The van der Waals surface area contributed by atoms with Gasteiger partial charge < -0.3 is 10.1 Å². The minimum atomic E-state index is -3.44. The third-order valence-electron chi connectivity index (χ3n) is 2.93. The Balaban J connectivity index is 2.20. The number of ether oxygens (including phenoxy) is 1. The molecular formula is C15H12ClF2NO4S. The van der Waals surface area contributed by atoms with Crippen LogP contribution in [0, 0.1) is 0 Å². The quantitative estimate of drug-likeness (QED) is 0.866. The van der Waals surface area contributed by atoms with E-state index in [1.807, 2.05) is 0 Å². The molecule has 2 rings (SSSR count). The number of hydrogen-bond donors (Lipinski definition) is 1. The van der Waals surface area contributed by atoms with Crippen molar-refractivity contribution in [3.05, 3.63) is 53.1 Å². The number of carbonyl (C=O) groups is 1. The van der Waals surface area contributed by atoms with E-state index in [1.54, 1.807) is 0 Å². The Labute approximate surface area is 142 Å². The van der Waals surface area contributed by atoms with Crippen LogP contribution in [0.15, 0.2) is 47.4 Å². The zero-order chi connectivity index (χ0) is 17.9. The highest BCUT2D eigenvalue weighted by Gasteiger charge is 2.13. The second-order valence-electron chi connectivity index (χ2n) is 4.78. The number of amides is 1. The molecular weight excluding hydrogens is 364 g/mol. The van der Waals surface area contributed by atoms with Crippen molar-refractivity contribution < 1.29 is 26.7 Å². The average Bonchev–Trinajstić information content (AvgIpc) is 2.49. The van der Waals surface area contributed by atoms with Gasteiger partial charge in [0.25, 0.3) is 5.91 Å². The van der Waals surface area contributed by atoms with E-state index in [4.69, 9.17) is 11.6 Å². The lowest BCUT2D eigenvalue weighted by atomic mass is 10.2. The average molecular weight is 376 g/mol. The lowest BCUT2D eigenvalue weighted by Crippen LogP contribution is -2.13. The Hall–Kier alpha value is -2.19. The van der Waals surface area contributed by atoms with Gasteiger partial charge in [0.1, 0.15) is 5.75 Å². The van der Waals surface area contributed by atoms with Gasteiger partial charge in [0.05, 0.1) is 9.92 Å². The second kappa shape index (κ2) is 7.14. The minimum Gasteiger partial charge on any atom is -0.433 e. The molecule has 0 atom stereocenters. The summed E-state index contributed by atoms with van der Waals surface area (Å²) >= 11 is 5.80. The van der Waals surface area contributed by atoms with Crippen molar-refractivity contribution >= 4 is 33.0 Å². The third-order valence-corrected chi connectivity index (χ3v) is 4.34. The van der Waals surface area contributed by atoms with Gasteiger partial charge in [0, 0.05) is 17.5 Å². The van der Waals surface area contributed by atoms with Crippen LogP contribution >= 0.6 is 11.6 Å². The van der Waals surface area contributed by atoms with Crippen molar-refractivity contribution in [2.75, 3.05) is 11.6 Å². The zero-order valence-corrected chi connectivity index (χ0v) is 13.9. The van der Waals surface area contributed by atoms with Crippen LogP contribution in [0.2, 0.25) is 5.02 Å². The molecule has 1 N–H and O–H groups in total. The van der Waals surface area contributed by atoms with Crippen LogP contribution in [-0.4, -0.2) is 27.2 Å². The van der Waals surface area contributed by atoms with E-state index >= 15 is 0 Å². The molecule has 0 unspecified atom stereocenters. The Morgan fingerprint density at radius 1 is 1.21 bits per heavy atom. The molecule has 0 radical (unpaired) electrons. The van der Waals surface area contributed by atoms with Gasteiger partial charge in [-0.15, -0.1) is 0 Å². The number of hydrogen-bond acceptors (Lipinski definition) is 4. The van der Waals surface area contributed by atoms with Gasteiger partial charge in [-0.05, 0) is 36.4 Å². The van der Waals surface area contributed by atoms with Crippen molar-refractivity contribution in [3.8, 4) is 5.75 Å². The summed E-state index contributed by atoms with van der Waals surface area (Å²) in [5.41, 5.74) is 0.373. The molecule has 0 aliphatic rings. The number of carbonyl (C=O) groups excluding carboxylic acids is 1. The van der Waals surface area contributed by atoms with Crippen LogP contribution in [0.4, 0.5) is 14.5 Å². The van der Waals surface area contributed by atoms with Gasteiger partial charge in [0.2, 0.25) is 0 Å². The summed E-state index contributed by atoms with van der Waals surface area (Å²) in [4.78, 5) is 12.2. The smallest absolute Gasteiger partial charge is 0.387 e. The largest absolute Gasteiger partial charge is 0.433 e. The van der Waals surface area contributed by atoms with Crippen LogP contribution in [0.1, 0.15) is 10.4 Å². The van der Waals surface area contributed by atoms with Crippen LogP contribution in [-0.2, 0) is 9.84 Å². The van der Waals surface area contributed by atoms with Crippen molar-refractivity contribution in [1.82, 2.24) is 0 Å². The van der Waals surface area contributed by atoms with Gasteiger partial charge in [-0.1, -0.05) is 17.7 Å². The maximum absolute atomic E-state index is 12.2. The molecule has 5 nitrogen and oxygen atoms in total. The summed E-state index contributed by atoms with van der Waals surface area (Å²) < 4.78 is 51.6. The maximum atomic E-state index is 12.2. The lowest BCUT2D eigenvalue weighted by molar-refractivity contribution is -0.0497. The van der Waals surface area contributed by atoms with Gasteiger partial charge >= 0.3 is 6.61 Å². The van der Waals surface area contributed by atoms with E-state index in [0.717, 1.165) is 6.26 Å². The summed E-state index contributed by atoms with van der Waals surface area (Å²) in [6, 6.07) is 9.27. The predicted octanol–water partition coefficient (Wildman–Crippen LogP) is 3.60. The highest BCUT2D eigenvalue weighted by atomic mass is 35.5. The van der Waals surface area contributed by atoms with Crippen molar-refractivity contribution in [1.29, 1.82) is 0 Å². The van der Waals surface area contributed by atoms with Crippen LogP contribution in [0.5, 0.6) is 5.75 Å². The topological polar surface area (TPSA) is 72.5 Å². The Morgan fingerprint density at radius 3 is 2.50 bits per heavy atom. The third kappa shape index (κ3) is 4.65. The maximum Gasteiger partial charge on any atom is 0.387 e. The second-order valence-corrected chi connectivity index (χ2v) is 7.20. The number of anilines is 1. The summed E-state index contributed by atoms with van der Waals surface area (Å²) in [5.74, 6) is -0.789. The lowest BCUT2D eigenvalue weighted by Gasteiger charge is -2.10. The first-order valence-electron chi connectivity index (χ1n) is 6.52. The molecule has 0 bridgehead atoms. The molecule has 0 fully saturated rings. The molecule has 0 aromatic heterocycles.